The standard InChI is InChI=1S/C9H3Cl3O2S/c10-3-1-4(11)6-5(2-3)15-8(7(6)12)9(13)14/h1-2H,(H,13,14)/p-1. The highest BCUT2D eigenvalue weighted by Crippen LogP contribution is 2.40. The Labute approximate surface area is 104 Å². The van der Waals surface area contributed by atoms with Gasteiger partial charge in [-0.1, -0.05) is 34.8 Å². The third-order valence-electron chi connectivity index (χ3n) is 1.84. The molecule has 0 saturated heterocycles. The van der Waals surface area contributed by atoms with E-state index in [4.69, 9.17) is 34.8 Å². The van der Waals surface area contributed by atoms with Gasteiger partial charge in [-0.2, -0.15) is 0 Å². The predicted molar refractivity (Wildman–Crippen MR) is 61.2 cm³/mol. The van der Waals surface area contributed by atoms with Gasteiger partial charge in [0.1, 0.15) is 0 Å². The van der Waals surface area contributed by atoms with Crippen molar-refractivity contribution in [3.63, 3.8) is 0 Å². The van der Waals surface area contributed by atoms with E-state index in [9.17, 15) is 9.90 Å². The lowest BCUT2D eigenvalue weighted by atomic mass is 10.2. The van der Waals surface area contributed by atoms with Crippen LogP contribution in [0.15, 0.2) is 12.1 Å². The van der Waals surface area contributed by atoms with Gasteiger partial charge in [-0.3, -0.25) is 0 Å². The molecule has 0 aliphatic carbocycles. The second kappa shape index (κ2) is 3.83. The van der Waals surface area contributed by atoms with Crippen molar-refractivity contribution in [2.24, 2.45) is 0 Å². The predicted octanol–water partition coefficient (Wildman–Crippen LogP) is 3.23. The Bertz CT molecular complexity index is 562. The summed E-state index contributed by atoms with van der Waals surface area (Å²) in [6.45, 7) is 0. The van der Waals surface area contributed by atoms with Crippen LogP contribution in [0.2, 0.25) is 15.1 Å². The van der Waals surface area contributed by atoms with Crippen molar-refractivity contribution >= 4 is 62.2 Å². The lowest BCUT2D eigenvalue weighted by molar-refractivity contribution is -0.254. The van der Waals surface area contributed by atoms with Crippen molar-refractivity contribution < 1.29 is 9.90 Å². The smallest absolute Gasteiger partial charge is 0.0830 e. The molecule has 1 aromatic carbocycles. The topological polar surface area (TPSA) is 40.1 Å². The second-order valence-corrected chi connectivity index (χ2v) is 5.07. The van der Waals surface area contributed by atoms with Gasteiger partial charge in [-0.05, 0) is 12.1 Å². The third kappa shape index (κ3) is 1.81. The average molecular weight is 281 g/mol. The summed E-state index contributed by atoms with van der Waals surface area (Å²) < 4.78 is 0.636. The Balaban J connectivity index is 2.88. The first-order valence-electron chi connectivity index (χ1n) is 3.79. The molecule has 0 unspecified atom stereocenters. The molecule has 0 atom stereocenters. The molecule has 0 fully saturated rings. The Morgan fingerprint density at radius 2 is 1.93 bits per heavy atom. The lowest BCUT2D eigenvalue weighted by Gasteiger charge is -1.97. The van der Waals surface area contributed by atoms with Gasteiger partial charge in [0.05, 0.1) is 20.9 Å². The molecule has 0 saturated carbocycles. The van der Waals surface area contributed by atoms with E-state index in [1.165, 1.54) is 6.07 Å². The number of carbonyl (C=O) groups is 1. The van der Waals surface area contributed by atoms with Gasteiger partial charge in [0, 0.05) is 15.1 Å². The molecule has 2 aromatic rings. The van der Waals surface area contributed by atoms with Crippen LogP contribution in [-0.4, -0.2) is 5.97 Å². The number of carbonyl (C=O) groups excluding carboxylic acids is 1. The number of carboxylic acid groups (broad SMARTS) is 1. The van der Waals surface area contributed by atoms with E-state index >= 15 is 0 Å². The Morgan fingerprint density at radius 1 is 1.27 bits per heavy atom. The second-order valence-electron chi connectivity index (χ2n) is 2.79. The Hall–Kier alpha value is -0.480. The Morgan fingerprint density at radius 3 is 2.53 bits per heavy atom. The molecule has 15 heavy (non-hydrogen) atoms. The minimum Gasteiger partial charge on any atom is -0.544 e. The maximum absolute atomic E-state index is 10.7. The van der Waals surface area contributed by atoms with Crippen LogP contribution in [0.4, 0.5) is 0 Å². The van der Waals surface area contributed by atoms with Gasteiger partial charge < -0.3 is 9.90 Å². The average Bonchev–Trinajstić information content (AvgIpc) is 2.42. The number of carboxylic acids is 1. The molecule has 0 aliphatic heterocycles. The van der Waals surface area contributed by atoms with Gasteiger partial charge in [0.15, 0.2) is 0 Å². The first kappa shape index (κ1) is 11.0. The fourth-order valence-corrected chi connectivity index (χ4v) is 3.45. The van der Waals surface area contributed by atoms with Crippen LogP contribution in [0.3, 0.4) is 0 Å². The number of hydrogen-bond donors (Lipinski definition) is 0. The molecule has 78 valence electrons. The summed E-state index contributed by atoms with van der Waals surface area (Å²) in [5.74, 6) is -1.31. The zero-order valence-corrected chi connectivity index (χ0v) is 10.1. The van der Waals surface area contributed by atoms with Crippen molar-refractivity contribution in [1.29, 1.82) is 0 Å². The minimum atomic E-state index is -1.31. The minimum absolute atomic E-state index is 0.0316. The monoisotopic (exact) mass is 279 g/mol. The molecule has 6 heteroatoms. The quantitative estimate of drug-likeness (QED) is 0.804. The molecule has 0 aliphatic rings. The zero-order chi connectivity index (χ0) is 11.2. The van der Waals surface area contributed by atoms with E-state index in [0.29, 0.717) is 20.1 Å². The first-order chi connectivity index (χ1) is 7.00. The van der Waals surface area contributed by atoms with Crippen molar-refractivity contribution in [3.8, 4) is 0 Å². The molecule has 0 radical (unpaired) electrons. The van der Waals surface area contributed by atoms with E-state index in [1.54, 1.807) is 6.07 Å². The number of thiophene rings is 1. The summed E-state index contributed by atoms with van der Waals surface area (Å²) in [5.41, 5.74) is 0. The van der Waals surface area contributed by atoms with Gasteiger partial charge in [0.25, 0.3) is 0 Å². The van der Waals surface area contributed by atoms with E-state index in [-0.39, 0.29) is 9.90 Å². The van der Waals surface area contributed by atoms with Crippen molar-refractivity contribution in [1.82, 2.24) is 0 Å². The first-order valence-corrected chi connectivity index (χ1v) is 5.74. The summed E-state index contributed by atoms with van der Waals surface area (Å²) in [5, 5.41) is 12.1. The number of aromatic carboxylic acids is 1. The molecule has 1 aromatic heterocycles. The van der Waals surface area contributed by atoms with E-state index in [1.807, 2.05) is 0 Å². The molecule has 0 N–H and O–H groups in total. The fourth-order valence-electron chi connectivity index (χ4n) is 1.24. The molecule has 2 nitrogen and oxygen atoms in total. The zero-order valence-electron chi connectivity index (χ0n) is 7.01. The van der Waals surface area contributed by atoms with Gasteiger partial charge in [-0.15, -0.1) is 11.3 Å². The molecule has 1 heterocycles. The van der Waals surface area contributed by atoms with Crippen LogP contribution in [0.5, 0.6) is 0 Å². The number of benzene rings is 1. The summed E-state index contributed by atoms with van der Waals surface area (Å²) in [7, 11) is 0. The number of rotatable bonds is 1. The third-order valence-corrected chi connectivity index (χ3v) is 3.96. The highest BCUT2D eigenvalue weighted by atomic mass is 35.5. The van der Waals surface area contributed by atoms with Gasteiger partial charge in [0.2, 0.25) is 0 Å². The van der Waals surface area contributed by atoms with Crippen LogP contribution >= 0.6 is 46.1 Å². The van der Waals surface area contributed by atoms with Crippen molar-refractivity contribution in [3.05, 3.63) is 32.1 Å². The number of halogens is 3. The summed E-state index contributed by atoms with van der Waals surface area (Å²) >= 11 is 18.6. The van der Waals surface area contributed by atoms with Crippen LogP contribution in [-0.2, 0) is 0 Å². The van der Waals surface area contributed by atoms with Crippen LogP contribution < -0.4 is 5.11 Å². The van der Waals surface area contributed by atoms with Crippen molar-refractivity contribution in [2.75, 3.05) is 0 Å². The molecule has 0 amide bonds. The van der Waals surface area contributed by atoms with E-state index < -0.39 is 5.97 Å². The van der Waals surface area contributed by atoms with Gasteiger partial charge in [-0.25, -0.2) is 0 Å². The molecule has 0 spiro atoms. The number of hydrogen-bond acceptors (Lipinski definition) is 3. The largest absolute Gasteiger partial charge is 0.544 e. The van der Waals surface area contributed by atoms with Crippen LogP contribution in [0.1, 0.15) is 9.67 Å². The van der Waals surface area contributed by atoms with Crippen molar-refractivity contribution in [2.45, 2.75) is 0 Å². The summed E-state index contributed by atoms with van der Waals surface area (Å²) in [4.78, 5) is 10.7. The highest BCUT2D eigenvalue weighted by molar-refractivity contribution is 7.21. The number of fused-ring (bicyclic) bond motifs is 1. The maximum atomic E-state index is 10.7. The molecular formula is C9H2Cl3O2S-. The van der Waals surface area contributed by atoms with Gasteiger partial charge >= 0.3 is 0 Å². The van der Waals surface area contributed by atoms with Crippen LogP contribution in [0, 0.1) is 0 Å². The lowest BCUT2D eigenvalue weighted by Crippen LogP contribution is -2.21. The normalized spacial score (nSPS) is 10.9. The summed E-state index contributed by atoms with van der Waals surface area (Å²) in [6.07, 6.45) is 0. The summed E-state index contributed by atoms with van der Waals surface area (Å²) in [6, 6.07) is 3.13. The van der Waals surface area contributed by atoms with Crippen LogP contribution in [0.25, 0.3) is 10.1 Å². The molecule has 0 bridgehead atoms. The Kier molecular flexibility index (Phi) is 2.81. The van der Waals surface area contributed by atoms with E-state index in [0.717, 1.165) is 11.3 Å². The SMILES string of the molecule is O=C([O-])c1sc2cc(Cl)cc(Cl)c2c1Cl. The highest BCUT2D eigenvalue weighted by Gasteiger charge is 2.14. The fraction of sp³-hybridized carbons (Fsp3) is 0. The maximum Gasteiger partial charge on any atom is 0.0830 e. The van der Waals surface area contributed by atoms with E-state index in [2.05, 4.69) is 0 Å². The molecular weight excluding hydrogens is 279 g/mol. The molecule has 2 rings (SSSR count).